The Labute approximate surface area is 118 Å². The van der Waals surface area contributed by atoms with Crippen LogP contribution in [-0.4, -0.2) is 46.0 Å². The third-order valence-electron chi connectivity index (χ3n) is 4.03. The predicted molar refractivity (Wildman–Crippen MR) is 73.9 cm³/mol. The van der Waals surface area contributed by atoms with Gasteiger partial charge >= 0.3 is 0 Å². The molecule has 3 saturated heterocycles. The van der Waals surface area contributed by atoms with Crippen LogP contribution >= 0.6 is 11.7 Å². The largest absolute Gasteiger partial charge is 0.473 e. The van der Waals surface area contributed by atoms with E-state index in [1.165, 1.54) is 37.7 Å². The van der Waals surface area contributed by atoms with E-state index in [-0.39, 0.29) is 6.10 Å². The summed E-state index contributed by atoms with van der Waals surface area (Å²) in [7, 11) is 0. The van der Waals surface area contributed by atoms with E-state index in [4.69, 9.17) is 9.47 Å². The van der Waals surface area contributed by atoms with E-state index in [0.29, 0.717) is 24.3 Å². The summed E-state index contributed by atoms with van der Waals surface area (Å²) in [5, 5.41) is 0. The number of ether oxygens (including phenoxy) is 2. The zero-order valence-corrected chi connectivity index (χ0v) is 12.2. The van der Waals surface area contributed by atoms with Crippen LogP contribution in [0.3, 0.4) is 0 Å². The minimum absolute atomic E-state index is 0.264. The van der Waals surface area contributed by atoms with Gasteiger partial charge in [-0.1, -0.05) is 13.3 Å². The van der Waals surface area contributed by atoms with Crippen molar-refractivity contribution in [1.29, 1.82) is 0 Å². The Morgan fingerprint density at radius 2 is 2.05 bits per heavy atom. The van der Waals surface area contributed by atoms with Gasteiger partial charge in [0.05, 0.1) is 18.3 Å². The molecule has 3 fully saturated rings. The molecule has 106 valence electrons. The van der Waals surface area contributed by atoms with Gasteiger partial charge in [-0.3, -0.25) is 4.90 Å². The van der Waals surface area contributed by atoms with Crippen LogP contribution in [0.15, 0.2) is 0 Å². The smallest absolute Gasteiger partial charge is 0.291 e. The zero-order valence-electron chi connectivity index (χ0n) is 11.4. The predicted octanol–water partition coefficient (Wildman–Crippen LogP) is 2.19. The highest BCUT2D eigenvalue weighted by Crippen LogP contribution is 2.33. The lowest BCUT2D eigenvalue weighted by atomic mass is 9.86. The number of nitrogens with zero attached hydrogens (tertiary/aromatic N) is 3. The summed E-state index contributed by atoms with van der Waals surface area (Å²) in [5.41, 5.74) is 0. The van der Waals surface area contributed by atoms with E-state index in [1.54, 1.807) is 0 Å². The van der Waals surface area contributed by atoms with Crippen LogP contribution in [0.1, 0.15) is 32.6 Å². The number of hydrogen-bond donors (Lipinski definition) is 0. The molecule has 3 aliphatic heterocycles. The van der Waals surface area contributed by atoms with E-state index in [2.05, 4.69) is 20.6 Å². The van der Waals surface area contributed by atoms with Crippen molar-refractivity contribution in [2.24, 2.45) is 5.92 Å². The molecule has 4 rings (SSSR count). The second-order valence-electron chi connectivity index (χ2n) is 5.37. The average Bonchev–Trinajstić information content (AvgIpc) is 2.88. The van der Waals surface area contributed by atoms with Gasteiger partial charge in [-0.2, -0.15) is 0 Å². The molecule has 6 heteroatoms. The molecule has 0 saturated carbocycles. The molecule has 0 aliphatic carbocycles. The van der Waals surface area contributed by atoms with Gasteiger partial charge in [-0.05, 0) is 38.3 Å². The first kappa shape index (κ1) is 13.1. The fraction of sp³-hybridized carbons (Fsp3) is 0.846. The molecule has 0 spiro atoms. The Kier molecular flexibility index (Phi) is 4.18. The average molecular weight is 283 g/mol. The van der Waals surface area contributed by atoms with Gasteiger partial charge in [0.25, 0.3) is 11.8 Å². The highest BCUT2D eigenvalue weighted by molar-refractivity contribution is 6.99. The van der Waals surface area contributed by atoms with Gasteiger partial charge in [-0.25, -0.2) is 0 Å². The quantitative estimate of drug-likeness (QED) is 0.749. The van der Waals surface area contributed by atoms with Crippen molar-refractivity contribution in [1.82, 2.24) is 13.6 Å². The highest BCUT2D eigenvalue weighted by Gasteiger charge is 2.36. The monoisotopic (exact) mass is 283 g/mol. The zero-order chi connectivity index (χ0) is 13.1. The Morgan fingerprint density at radius 3 is 2.74 bits per heavy atom. The summed E-state index contributed by atoms with van der Waals surface area (Å²) in [6.07, 6.45) is 4.91. The maximum atomic E-state index is 6.06. The minimum atomic E-state index is 0.264. The van der Waals surface area contributed by atoms with Crippen molar-refractivity contribution in [2.45, 2.75) is 38.7 Å². The number of aromatic nitrogens is 2. The molecule has 0 N–H and O–H groups in total. The van der Waals surface area contributed by atoms with Crippen molar-refractivity contribution in [3.8, 4) is 11.8 Å². The lowest BCUT2D eigenvalue weighted by molar-refractivity contribution is -0.0110. The van der Waals surface area contributed by atoms with E-state index in [0.717, 1.165) is 19.4 Å². The first-order chi connectivity index (χ1) is 9.36. The van der Waals surface area contributed by atoms with Crippen molar-refractivity contribution >= 4 is 11.7 Å². The maximum absolute atomic E-state index is 6.06. The molecule has 0 radical (unpaired) electrons. The third kappa shape index (κ3) is 3.00. The molecule has 1 atom stereocenters. The van der Waals surface area contributed by atoms with Crippen LogP contribution in [0.4, 0.5) is 0 Å². The van der Waals surface area contributed by atoms with Crippen molar-refractivity contribution in [3.05, 3.63) is 0 Å². The Morgan fingerprint density at radius 1 is 1.26 bits per heavy atom. The Hall–Kier alpha value is -0.880. The molecule has 5 nitrogen and oxygen atoms in total. The molecule has 0 unspecified atom stereocenters. The molecular weight excluding hydrogens is 262 g/mol. The summed E-state index contributed by atoms with van der Waals surface area (Å²) in [6.45, 7) is 6.31. The van der Waals surface area contributed by atoms with E-state index >= 15 is 0 Å². The first-order valence-electron chi connectivity index (χ1n) is 7.21. The Bertz CT molecular complexity index is 404. The van der Waals surface area contributed by atoms with Gasteiger partial charge in [0.15, 0.2) is 0 Å². The number of piperidine rings is 3. The maximum Gasteiger partial charge on any atom is 0.291 e. The molecular formula is C13H21N3O2S. The van der Waals surface area contributed by atoms with Gasteiger partial charge in [-0.15, -0.1) is 8.75 Å². The van der Waals surface area contributed by atoms with E-state index in [9.17, 15) is 0 Å². The van der Waals surface area contributed by atoms with Gasteiger partial charge in [0.2, 0.25) is 0 Å². The topological polar surface area (TPSA) is 47.5 Å². The van der Waals surface area contributed by atoms with Crippen molar-refractivity contribution < 1.29 is 9.47 Å². The molecule has 0 amide bonds. The molecule has 1 aromatic rings. The van der Waals surface area contributed by atoms with Crippen molar-refractivity contribution in [3.63, 3.8) is 0 Å². The second kappa shape index (κ2) is 6.05. The number of unbranched alkanes of at least 4 members (excludes halogenated alkanes) is 1. The SMILES string of the molecule is CCCCOc1nsnc1O[C@H]1CN2CCC1CC2. The Balaban J connectivity index is 1.59. The standard InChI is InChI=1S/C13H21N3O2S/c1-2-3-8-17-12-13(15-19-14-12)18-11-9-16-6-4-10(11)5-7-16/h10-11H,2-9H2,1H3/t11-/m0/s1. The third-order valence-corrected chi connectivity index (χ3v) is 4.52. The van der Waals surface area contributed by atoms with Crippen LogP contribution in [0.25, 0.3) is 0 Å². The van der Waals surface area contributed by atoms with Crippen LogP contribution in [-0.2, 0) is 0 Å². The highest BCUT2D eigenvalue weighted by atomic mass is 32.1. The van der Waals surface area contributed by atoms with Gasteiger partial charge in [0.1, 0.15) is 6.10 Å². The van der Waals surface area contributed by atoms with E-state index in [1.807, 2.05) is 0 Å². The fourth-order valence-electron chi connectivity index (χ4n) is 2.83. The fourth-order valence-corrected chi connectivity index (χ4v) is 3.27. The molecule has 1 aromatic heterocycles. The van der Waals surface area contributed by atoms with Crippen molar-refractivity contribution in [2.75, 3.05) is 26.2 Å². The first-order valence-corrected chi connectivity index (χ1v) is 7.94. The number of fused-ring (bicyclic) bond motifs is 3. The van der Waals surface area contributed by atoms with Gasteiger partial charge < -0.3 is 9.47 Å². The number of hydrogen-bond acceptors (Lipinski definition) is 6. The number of rotatable bonds is 6. The van der Waals surface area contributed by atoms with Crippen LogP contribution in [0.2, 0.25) is 0 Å². The van der Waals surface area contributed by atoms with Crippen LogP contribution < -0.4 is 9.47 Å². The summed E-state index contributed by atoms with van der Waals surface area (Å²) in [5.74, 6) is 1.85. The molecule has 0 aromatic carbocycles. The second-order valence-corrected chi connectivity index (χ2v) is 5.90. The van der Waals surface area contributed by atoms with Crippen LogP contribution in [0, 0.1) is 5.92 Å². The minimum Gasteiger partial charge on any atom is -0.473 e. The van der Waals surface area contributed by atoms with E-state index < -0.39 is 0 Å². The van der Waals surface area contributed by atoms with Gasteiger partial charge in [0, 0.05) is 6.54 Å². The molecule has 3 aliphatic rings. The summed E-state index contributed by atoms with van der Waals surface area (Å²) in [4.78, 5) is 2.47. The normalized spacial score (nSPS) is 29.4. The summed E-state index contributed by atoms with van der Waals surface area (Å²) in [6, 6.07) is 0. The molecule has 19 heavy (non-hydrogen) atoms. The molecule has 4 heterocycles. The molecule has 2 bridgehead atoms. The van der Waals surface area contributed by atoms with Crippen LogP contribution in [0.5, 0.6) is 11.8 Å². The summed E-state index contributed by atoms with van der Waals surface area (Å²) >= 11 is 1.17. The lowest BCUT2D eigenvalue weighted by Crippen LogP contribution is -2.52. The lowest BCUT2D eigenvalue weighted by Gasteiger charge is -2.43. The summed E-state index contributed by atoms with van der Waals surface area (Å²) < 4.78 is 20.1.